The van der Waals surface area contributed by atoms with Gasteiger partial charge < -0.3 is 4.74 Å². The number of rotatable bonds is 6. The van der Waals surface area contributed by atoms with Gasteiger partial charge in [0.25, 0.3) is 0 Å². The second-order valence-corrected chi connectivity index (χ2v) is 6.76. The first-order valence-corrected chi connectivity index (χ1v) is 9.05. The van der Waals surface area contributed by atoms with Gasteiger partial charge in [-0.25, -0.2) is 0 Å². The first-order valence-electron chi connectivity index (χ1n) is 9.05. The third-order valence-corrected chi connectivity index (χ3v) is 5.02. The van der Waals surface area contributed by atoms with Gasteiger partial charge in [0.05, 0.1) is 17.7 Å². The summed E-state index contributed by atoms with van der Waals surface area (Å²) in [5, 5.41) is 0. The number of aromatic nitrogens is 1. The van der Waals surface area contributed by atoms with Crippen LogP contribution in [0.1, 0.15) is 31.0 Å². The summed E-state index contributed by atoms with van der Waals surface area (Å²) >= 11 is 0. The molecule has 4 heteroatoms. The van der Waals surface area contributed by atoms with Crippen LogP contribution in [0.15, 0.2) is 54.7 Å². The van der Waals surface area contributed by atoms with Crippen LogP contribution in [0.3, 0.4) is 0 Å². The zero-order valence-electron chi connectivity index (χ0n) is 14.9. The average molecular weight is 338 g/mol. The largest absolute Gasteiger partial charge is 0.466 e. The van der Waals surface area contributed by atoms with E-state index in [2.05, 4.69) is 28.1 Å². The number of ether oxygens (including phenoxy) is 1. The van der Waals surface area contributed by atoms with Gasteiger partial charge in [-0.2, -0.15) is 0 Å². The molecule has 1 fully saturated rings. The number of carbonyl (C=O) groups is 1. The molecule has 1 aliphatic rings. The highest BCUT2D eigenvalue weighted by atomic mass is 16.5. The van der Waals surface area contributed by atoms with E-state index in [0.717, 1.165) is 44.6 Å². The van der Waals surface area contributed by atoms with Crippen molar-refractivity contribution in [1.29, 1.82) is 0 Å². The van der Waals surface area contributed by atoms with Crippen LogP contribution >= 0.6 is 0 Å². The second-order valence-electron chi connectivity index (χ2n) is 6.76. The predicted molar refractivity (Wildman–Crippen MR) is 98.0 cm³/mol. The van der Waals surface area contributed by atoms with E-state index in [0.29, 0.717) is 6.61 Å². The first-order chi connectivity index (χ1) is 12.2. The molecule has 1 aromatic carbocycles. The minimum Gasteiger partial charge on any atom is -0.466 e. The summed E-state index contributed by atoms with van der Waals surface area (Å²) in [7, 11) is 0. The van der Waals surface area contributed by atoms with Crippen LogP contribution in [-0.4, -0.2) is 35.5 Å². The molecule has 0 unspecified atom stereocenters. The van der Waals surface area contributed by atoms with Crippen LogP contribution in [0.4, 0.5) is 0 Å². The molecule has 0 N–H and O–H groups in total. The Balaban J connectivity index is 1.69. The molecule has 1 aromatic heterocycles. The van der Waals surface area contributed by atoms with Crippen LogP contribution in [0, 0.1) is 5.41 Å². The molecule has 2 heterocycles. The number of benzene rings is 1. The van der Waals surface area contributed by atoms with E-state index >= 15 is 0 Å². The minimum absolute atomic E-state index is 0.0451. The Morgan fingerprint density at radius 2 is 1.84 bits per heavy atom. The van der Waals surface area contributed by atoms with Crippen molar-refractivity contribution in [1.82, 2.24) is 9.88 Å². The summed E-state index contributed by atoms with van der Waals surface area (Å²) in [5.41, 5.74) is 1.88. The SMILES string of the molecule is CCOC(=O)C1(Cc2ccccc2)CCN(Cc2ccccn2)CC1. The number of hydrogen-bond donors (Lipinski definition) is 0. The number of likely N-dealkylation sites (tertiary alicyclic amines) is 1. The lowest BCUT2D eigenvalue weighted by atomic mass is 9.73. The Hall–Kier alpha value is -2.20. The van der Waals surface area contributed by atoms with Crippen molar-refractivity contribution in [2.75, 3.05) is 19.7 Å². The van der Waals surface area contributed by atoms with Gasteiger partial charge in [0.2, 0.25) is 0 Å². The summed E-state index contributed by atoms with van der Waals surface area (Å²) in [5.74, 6) is -0.0451. The molecule has 4 nitrogen and oxygen atoms in total. The zero-order chi connectivity index (χ0) is 17.5. The molecule has 1 aliphatic heterocycles. The summed E-state index contributed by atoms with van der Waals surface area (Å²) < 4.78 is 5.44. The van der Waals surface area contributed by atoms with Crippen molar-refractivity contribution in [3.63, 3.8) is 0 Å². The number of piperidine rings is 1. The van der Waals surface area contributed by atoms with Gasteiger partial charge in [-0.1, -0.05) is 36.4 Å². The zero-order valence-corrected chi connectivity index (χ0v) is 14.9. The standard InChI is InChI=1S/C21H26N2O2/c1-2-25-20(24)21(16-18-8-4-3-5-9-18)11-14-23(15-12-21)17-19-10-6-7-13-22-19/h3-10,13H,2,11-12,14-17H2,1H3. The van der Waals surface area contributed by atoms with Crippen molar-refractivity contribution in [2.24, 2.45) is 5.41 Å². The molecule has 0 amide bonds. The highest BCUT2D eigenvalue weighted by molar-refractivity contribution is 5.77. The molecule has 0 aliphatic carbocycles. The molecule has 0 spiro atoms. The van der Waals surface area contributed by atoms with Crippen molar-refractivity contribution >= 4 is 5.97 Å². The normalized spacial score (nSPS) is 17.2. The Kier molecular flexibility index (Phi) is 5.82. The monoisotopic (exact) mass is 338 g/mol. The Morgan fingerprint density at radius 3 is 2.48 bits per heavy atom. The molecule has 3 rings (SSSR count). The fourth-order valence-corrected chi connectivity index (χ4v) is 3.58. The Bertz CT molecular complexity index is 665. The third kappa shape index (κ3) is 4.45. The van der Waals surface area contributed by atoms with E-state index in [9.17, 15) is 4.79 Å². The highest BCUT2D eigenvalue weighted by Gasteiger charge is 2.42. The molecule has 25 heavy (non-hydrogen) atoms. The fraction of sp³-hybridized carbons (Fsp3) is 0.429. The molecular weight excluding hydrogens is 312 g/mol. The van der Waals surface area contributed by atoms with Crippen LogP contribution in [0.2, 0.25) is 0 Å². The van der Waals surface area contributed by atoms with E-state index < -0.39 is 5.41 Å². The topological polar surface area (TPSA) is 42.4 Å². The summed E-state index contributed by atoms with van der Waals surface area (Å²) in [6.45, 7) is 4.94. The molecule has 1 saturated heterocycles. The summed E-state index contributed by atoms with van der Waals surface area (Å²) in [4.78, 5) is 19.5. The van der Waals surface area contributed by atoms with E-state index in [1.807, 2.05) is 43.5 Å². The van der Waals surface area contributed by atoms with Gasteiger partial charge in [-0.05, 0) is 57.0 Å². The van der Waals surface area contributed by atoms with Gasteiger partial charge in [-0.3, -0.25) is 14.7 Å². The maximum atomic E-state index is 12.7. The number of esters is 1. The van der Waals surface area contributed by atoms with Crippen molar-refractivity contribution in [3.8, 4) is 0 Å². The van der Waals surface area contributed by atoms with Crippen LogP contribution in [0.25, 0.3) is 0 Å². The Labute approximate surface area is 149 Å². The minimum atomic E-state index is -0.405. The quantitative estimate of drug-likeness (QED) is 0.757. The maximum Gasteiger partial charge on any atom is 0.312 e. The van der Waals surface area contributed by atoms with Crippen molar-refractivity contribution in [2.45, 2.75) is 32.7 Å². The molecule has 0 atom stereocenters. The fourth-order valence-electron chi connectivity index (χ4n) is 3.58. The predicted octanol–water partition coefficient (Wildman–Crippen LogP) is 3.47. The van der Waals surface area contributed by atoms with Gasteiger partial charge in [0.15, 0.2) is 0 Å². The lowest BCUT2D eigenvalue weighted by Crippen LogP contribution is -2.46. The Morgan fingerprint density at radius 1 is 1.12 bits per heavy atom. The lowest BCUT2D eigenvalue weighted by Gasteiger charge is -2.40. The molecule has 0 radical (unpaired) electrons. The summed E-state index contributed by atoms with van der Waals surface area (Å²) in [6, 6.07) is 16.3. The van der Waals surface area contributed by atoms with Crippen LogP contribution in [0.5, 0.6) is 0 Å². The average Bonchev–Trinajstić information content (AvgIpc) is 2.65. The van der Waals surface area contributed by atoms with Gasteiger partial charge in [0.1, 0.15) is 0 Å². The third-order valence-electron chi connectivity index (χ3n) is 5.02. The number of pyridine rings is 1. The summed E-state index contributed by atoms with van der Waals surface area (Å²) in [6.07, 6.45) is 4.24. The van der Waals surface area contributed by atoms with Crippen LogP contribution in [-0.2, 0) is 22.5 Å². The number of carbonyl (C=O) groups excluding carboxylic acids is 1. The molecule has 2 aromatic rings. The highest BCUT2D eigenvalue weighted by Crippen LogP contribution is 2.37. The van der Waals surface area contributed by atoms with Gasteiger partial charge in [-0.15, -0.1) is 0 Å². The molecule has 132 valence electrons. The molecule has 0 bridgehead atoms. The number of hydrogen-bond acceptors (Lipinski definition) is 4. The number of nitrogens with zero attached hydrogens (tertiary/aromatic N) is 2. The van der Waals surface area contributed by atoms with Crippen LogP contribution < -0.4 is 0 Å². The van der Waals surface area contributed by atoms with E-state index in [-0.39, 0.29) is 5.97 Å². The molecular formula is C21H26N2O2. The maximum absolute atomic E-state index is 12.7. The van der Waals surface area contributed by atoms with Gasteiger partial charge >= 0.3 is 5.97 Å². The second kappa shape index (κ2) is 8.26. The van der Waals surface area contributed by atoms with Crippen molar-refractivity contribution in [3.05, 3.63) is 66.0 Å². The lowest BCUT2D eigenvalue weighted by molar-refractivity contribution is -0.158. The van der Waals surface area contributed by atoms with E-state index in [4.69, 9.17) is 4.74 Å². The molecule has 0 saturated carbocycles. The smallest absolute Gasteiger partial charge is 0.312 e. The van der Waals surface area contributed by atoms with E-state index in [1.165, 1.54) is 5.56 Å². The first kappa shape index (κ1) is 17.6. The van der Waals surface area contributed by atoms with E-state index in [1.54, 1.807) is 0 Å². The van der Waals surface area contributed by atoms with Crippen molar-refractivity contribution < 1.29 is 9.53 Å². The van der Waals surface area contributed by atoms with Gasteiger partial charge in [0, 0.05) is 12.7 Å².